The van der Waals surface area contributed by atoms with E-state index in [1.165, 1.54) is 0 Å². The topological polar surface area (TPSA) is 47.3 Å². The standard InChI is InChI=1S/C3H8N2O/c4-3-1-2-6-5-3/h3,5H,1-2,4H2/t3-/m1/s1. The number of hydrogen-bond donors (Lipinski definition) is 2. The predicted octanol–water partition coefficient (Wildman–Crippen LogP) is -0.804. The van der Waals surface area contributed by atoms with E-state index >= 15 is 0 Å². The Hall–Kier alpha value is -0.120. The SMILES string of the molecule is N[C@H]1CCON1. The average molecular weight is 88.1 g/mol. The van der Waals surface area contributed by atoms with E-state index in [9.17, 15) is 0 Å². The van der Waals surface area contributed by atoms with Crippen molar-refractivity contribution in [3.63, 3.8) is 0 Å². The first-order valence-electron chi connectivity index (χ1n) is 2.02. The highest BCUT2D eigenvalue weighted by molar-refractivity contribution is 4.55. The van der Waals surface area contributed by atoms with Gasteiger partial charge in [0.05, 0.1) is 12.8 Å². The van der Waals surface area contributed by atoms with Crippen molar-refractivity contribution in [2.45, 2.75) is 12.6 Å². The van der Waals surface area contributed by atoms with Crippen molar-refractivity contribution in [2.75, 3.05) is 6.61 Å². The minimum atomic E-state index is 0.0741. The highest BCUT2D eigenvalue weighted by Gasteiger charge is 2.06. The summed E-state index contributed by atoms with van der Waals surface area (Å²) in [4.78, 5) is 4.68. The molecule has 0 aromatic heterocycles. The summed E-state index contributed by atoms with van der Waals surface area (Å²) in [5.74, 6) is 0. The summed E-state index contributed by atoms with van der Waals surface area (Å²) in [6.07, 6.45) is 1.00. The van der Waals surface area contributed by atoms with Gasteiger partial charge in [-0.05, 0) is 0 Å². The third kappa shape index (κ3) is 0.680. The van der Waals surface area contributed by atoms with Crippen LogP contribution in [0.3, 0.4) is 0 Å². The minimum Gasteiger partial charge on any atom is -0.314 e. The van der Waals surface area contributed by atoms with Gasteiger partial charge in [-0.25, -0.2) is 0 Å². The van der Waals surface area contributed by atoms with Gasteiger partial charge in [0.2, 0.25) is 0 Å². The maximum atomic E-state index is 5.30. The van der Waals surface area contributed by atoms with Gasteiger partial charge in [-0.15, -0.1) is 0 Å². The molecule has 1 rings (SSSR count). The number of hydrogen-bond acceptors (Lipinski definition) is 3. The summed E-state index contributed by atoms with van der Waals surface area (Å²) in [5.41, 5.74) is 7.90. The molecule has 0 unspecified atom stereocenters. The van der Waals surface area contributed by atoms with Gasteiger partial charge in [-0.1, -0.05) is 0 Å². The number of rotatable bonds is 0. The van der Waals surface area contributed by atoms with Crippen molar-refractivity contribution >= 4 is 0 Å². The van der Waals surface area contributed by atoms with Gasteiger partial charge in [-0.2, -0.15) is 5.48 Å². The van der Waals surface area contributed by atoms with Crippen LogP contribution in [0.4, 0.5) is 0 Å². The zero-order chi connectivity index (χ0) is 4.41. The molecule has 1 aliphatic rings. The highest BCUT2D eigenvalue weighted by Crippen LogP contribution is 1.91. The summed E-state index contributed by atoms with van der Waals surface area (Å²) in [6.45, 7) is 0.751. The number of nitrogens with one attached hydrogen (secondary N) is 1. The number of hydroxylamine groups is 1. The Morgan fingerprint density at radius 3 is 2.83 bits per heavy atom. The second-order valence-corrected chi connectivity index (χ2v) is 1.36. The van der Waals surface area contributed by atoms with Crippen molar-refractivity contribution in [2.24, 2.45) is 5.73 Å². The maximum absolute atomic E-state index is 5.30. The highest BCUT2D eigenvalue weighted by atomic mass is 16.7. The van der Waals surface area contributed by atoms with Crippen LogP contribution in [0.5, 0.6) is 0 Å². The molecule has 0 radical (unpaired) electrons. The first kappa shape index (κ1) is 4.05. The Bertz CT molecular complexity index is 42.1. The van der Waals surface area contributed by atoms with Gasteiger partial charge >= 0.3 is 0 Å². The first-order chi connectivity index (χ1) is 2.89. The van der Waals surface area contributed by atoms with E-state index in [2.05, 4.69) is 10.3 Å². The fraction of sp³-hybridized carbons (Fsp3) is 1.00. The van der Waals surface area contributed by atoms with Gasteiger partial charge < -0.3 is 10.6 Å². The molecule has 0 saturated carbocycles. The molecule has 0 aromatic rings. The molecule has 36 valence electrons. The molecular formula is C3H8N2O. The molecule has 6 heavy (non-hydrogen) atoms. The first-order valence-corrected chi connectivity index (χ1v) is 2.02. The molecule has 3 nitrogen and oxygen atoms in total. The van der Waals surface area contributed by atoms with Crippen LogP contribution in [0.2, 0.25) is 0 Å². The molecule has 0 amide bonds. The predicted molar refractivity (Wildman–Crippen MR) is 21.7 cm³/mol. The summed E-state index contributed by atoms with van der Waals surface area (Å²) < 4.78 is 0. The molecule has 1 aliphatic heterocycles. The molecule has 0 spiro atoms. The molecule has 0 aliphatic carbocycles. The molecule has 0 bridgehead atoms. The van der Waals surface area contributed by atoms with E-state index in [0.29, 0.717) is 0 Å². The van der Waals surface area contributed by atoms with Crippen LogP contribution in [0, 0.1) is 0 Å². The van der Waals surface area contributed by atoms with Crippen molar-refractivity contribution in [1.82, 2.24) is 5.48 Å². The monoisotopic (exact) mass is 88.1 g/mol. The van der Waals surface area contributed by atoms with Gasteiger partial charge in [0.1, 0.15) is 0 Å². The van der Waals surface area contributed by atoms with Gasteiger partial charge in [0.15, 0.2) is 0 Å². The lowest BCUT2D eigenvalue weighted by molar-refractivity contribution is 0.0892. The summed E-state index contributed by atoms with van der Waals surface area (Å²) in [5, 5.41) is 0. The van der Waals surface area contributed by atoms with Crippen LogP contribution in [0.15, 0.2) is 0 Å². The van der Waals surface area contributed by atoms with E-state index in [1.807, 2.05) is 0 Å². The molecule has 1 heterocycles. The zero-order valence-corrected chi connectivity index (χ0v) is 3.48. The minimum absolute atomic E-state index is 0.0741. The second kappa shape index (κ2) is 1.55. The fourth-order valence-electron chi connectivity index (χ4n) is 0.411. The van der Waals surface area contributed by atoms with Crippen LogP contribution in [-0.4, -0.2) is 12.8 Å². The van der Waals surface area contributed by atoms with E-state index in [-0.39, 0.29) is 6.17 Å². The Morgan fingerprint density at radius 2 is 2.67 bits per heavy atom. The second-order valence-electron chi connectivity index (χ2n) is 1.36. The molecule has 1 saturated heterocycles. The fourth-order valence-corrected chi connectivity index (χ4v) is 0.411. The molecule has 1 atom stereocenters. The summed E-state index contributed by atoms with van der Waals surface area (Å²) >= 11 is 0. The third-order valence-electron chi connectivity index (χ3n) is 0.766. The lowest BCUT2D eigenvalue weighted by Gasteiger charge is -1.93. The largest absolute Gasteiger partial charge is 0.314 e. The van der Waals surface area contributed by atoms with Gasteiger partial charge in [-0.3, -0.25) is 0 Å². The lowest BCUT2D eigenvalue weighted by Crippen LogP contribution is -2.29. The van der Waals surface area contributed by atoms with Gasteiger partial charge in [0, 0.05) is 6.42 Å². The zero-order valence-electron chi connectivity index (χ0n) is 3.48. The molecule has 3 heteroatoms. The Morgan fingerprint density at radius 1 is 1.83 bits per heavy atom. The summed E-state index contributed by atoms with van der Waals surface area (Å²) in [6, 6.07) is 0. The van der Waals surface area contributed by atoms with E-state index in [0.717, 1.165) is 13.0 Å². The van der Waals surface area contributed by atoms with Crippen LogP contribution >= 0.6 is 0 Å². The molecule has 3 N–H and O–H groups in total. The van der Waals surface area contributed by atoms with E-state index in [1.54, 1.807) is 0 Å². The molecule has 1 fully saturated rings. The van der Waals surface area contributed by atoms with Crippen LogP contribution in [-0.2, 0) is 4.84 Å². The van der Waals surface area contributed by atoms with Crippen LogP contribution < -0.4 is 11.2 Å². The maximum Gasteiger partial charge on any atom is 0.0810 e. The quantitative estimate of drug-likeness (QED) is 0.407. The normalized spacial score (nSPS) is 34.5. The van der Waals surface area contributed by atoms with Crippen LogP contribution in [0.25, 0.3) is 0 Å². The Balaban J connectivity index is 2.18. The number of nitrogens with two attached hydrogens (primary N) is 1. The third-order valence-corrected chi connectivity index (χ3v) is 0.766. The lowest BCUT2D eigenvalue weighted by atomic mass is 10.4. The summed E-state index contributed by atoms with van der Waals surface area (Å²) in [7, 11) is 0. The van der Waals surface area contributed by atoms with Crippen molar-refractivity contribution in [1.29, 1.82) is 0 Å². The Kier molecular flexibility index (Phi) is 1.05. The Labute approximate surface area is 36.4 Å². The molecule has 0 aromatic carbocycles. The van der Waals surface area contributed by atoms with Crippen molar-refractivity contribution < 1.29 is 4.84 Å². The van der Waals surface area contributed by atoms with Crippen molar-refractivity contribution in [3.8, 4) is 0 Å². The molecular weight excluding hydrogens is 80.0 g/mol. The average Bonchev–Trinajstić information content (AvgIpc) is 1.86. The van der Waals surface area contributed by atoms with Crippen molar-refractivity contribution in [3.05, 3.63) is 0 Å². The van der Waals surface area contributed by atoms with Crippen LogP contribution in [0.1, 0.15) is 6.42 Å². The van der Waals surface area contributed by atoms with E-state index in [4.69, 9.17) is 5.73 Å². The van der Waals surface area contributed by atoms with Gasteiger partial charge in [0.25, 0.3) is 0 Å². The smallest absolute Gasteiger partial charge is 0.0810 e. The van der Waals surface area contributed by atoms with E-state index < -0.39 is 0 Å².